The average Bonchev–Trinajstić information content (AvgIpc) is 3.03. The Balaban J connectivity index is 1.96. The van der Waals surface area contributed by atoms with Crippen LogP contribution in [0.15, 0.2) is 75.8 Å². The lowest BCUT2D eigenvalue weighted by Gasteiger charge is -2.24. The van der Waals surface area contributed by atoms with E-state index in [1.54, 1.807) is 30.7 Å². The summed E-state index contributed by atoms with van der Waals surface area (Å²) in [5, 5.41) is 0. The molecule has 0 aliphatic carbocycles. The van der Waals surface area contributed by atoms with Crippen LogP contribution in [-0.2, 0) is 9.53 Å². The maximum atomic E-state index is 13.3. The van der Waals surface area contributed by atoms with Crippen molar-refractivity contribution in [2.75, 3.05) is 6.61 Å². The number of carbonyl (C=O) groups excluding carboxylic acids is 1. The van der Waals surface area contributed by atoms with Crippen LogP contribution < -0.4 is 14.9 Å². The molecule has 0 radical (unpaired) electrons. The molecule has 0 amide bonds. The maximum absolute atomic E-state index is 13.3. The Morgan fingerprint density at radius 2 is 1.97 bits per heavy atom. The number of benzene rings is 1. The largest absolute Gasteiger partial charge is 0.463 e. The fourth-order valence-electron chi connectivity index (χ4n) is 3.34. The van der Waals surface area contributed by atoms with Gasteiger partial charge in [-0.1, -0.05) is 47.7 Å². The highest BCUT2D eigenvalue weighted by atomic mass is 32.1. The fourth-order valence-corrected chi connectivity index (χ4v) is 4.37. The second-order valence-corrected chi connectivity index (χ2v) is 7.48. The Morgan fingerprint density at radius 3 is 2.66 bits per heavy atom. The number of rotatable bonds is 4. The number of esters is 1. The van der Waals surface area contributed by atoms with Crippen molar-refractivity contribution in [3.63, 3.8) is 0 Å². The molecule has 0 fully saturated rings. The van der Waals surface area contributed by atoms with Gasteiger partial charge in [-0.15, -0.1) is 0 Å². The summed E-state index contributed by atoms with van der Waals surface area (Å²) in [6.07, 6.45) is 3.42. The van der Waals surface area contributed by atoms with Crippen LogP contribution in [0.5, 0.6) is 0 Å². The van der Waals surface area contributed by atoms with E-state index >= 15 is 0 Å². The first-order chi connectivity index (χ1) is 14.1. The lowest BCUT2D eigenvalue weighted by molar-refractivity contribution is -0.139. The first-order valence-corrected chi connectivity index (χ1v) is 10.1. The number of hydrogen-bond donors (Lipinski definition) is 0. The second kappa shape index (κ2) is 7.97. The SMILES string of the molecule is CCOC(=O)C1=C(C)N=c2s/c(=C\c3ccccn3)c(=O)n2[C@H]1c1ccccc1. The summed E-state index contributed by atoms with van der Waals surface area (Å²) in [6.45, 7) is 3.78. The summed E-state index contributed by atoms with van der Waals surface area (Å²) < 4.78 is 7.37. The lowest BCUT2D eigenvalue weighted by Crippen LogP contribution is -2.39. The number of nitrogens with zero attached hydrogens (tertiary/aromatic N) is 3. The molecule has 3 heterocycles. The monoisotopic (exact) mass is 405 g/mol. The number of carbonyl (C=O) groups is 1. The number of pyridine rings is 1. The highest BCUT2D eigenvalue weighted by Gasteiger charge is 2.33. The summed E-state index contributed by atoms with van der Waals surface area (Å²) in [7, 11) is 0. The van der Waals surface area contributed by atoms with E-state index in [2.05, 4.69) is 9.98 Å². The summed E-state index contributed by atoms with van der Waals surface area (Å²) in [5.41, 5.74) is 2.26. The molecular formula is C22H19N3O3S. The Morgan fingerprint density at radius 1 is 1.21 bits per heavy atom. The van der Waals surface area contributed by atoms with E-state index in [1.807, 2.05) is 48.5 Å². The van der Waals surface area contributed by atoms with Crippen molar-refractivity contribution in [2.24, 2.45) is 4.99 Å². The van der Waals surface area contributed by atoms with Gasteiger partial charge in [0.15, 0.2) is 4.80 Å². The van der Waals surface area contributed by atoms with E-state index in [1.165, 1.54) is 11.3 Å². The van der Waals surface area contributed by atoms with Gasteiger partial charge in [0, 0.05) is 6.20 Å². The smallest absolute Gasteiger partial charge is 0.338 e. The van der Waals surface area contributed by atoms with Crippen molar-refractivity contribution in [1.82, 2.24) is 9.55 Å². The van der Waals surface area contributed by atoms with Crippen LogP contribution >= 0.6 is 11.3 Å². The topological polar surface area (TPSA) is 73.6 Å². The molecule has 0 N–H and O–H groups in total. The molecule has 1 atom stereocenters. The number of aromatic nitrogens is 2. The Kier molecular flexibility index (Phi) is 5.22. The normalized spacial score (nSPS) is 16.3. The first kappa shape index (κ1) is 19.0. The van der Waals surface area contributed by atoms with Gasteiger partial charge >= 0.3 is 5.97 Å². The van der Waals surface area contributed by atoms with Gasteiger partial charge in [0.05, 0.1) is 34.1 Å². The van der Waals surface area contributed by atoms with Crippen LogP contribution in [0.2, 0.25) is 0 Å². The summed E-state index contributed by atoms with van der Waals surface area (Å²) in [5.74, 6) is -0.457. The van der Waals surface area contributed by atoms with Gasteiger partial charge in [-0.05, 0) is 37.6 Å². The van der Waals surface area contributed by atoms with Gasteiger partial charge in [0.1, 0.15) is 0 Å². The van der Waals surface area contributed by atoms with Gasteiger partial charge in [-0.3, -0.25) is 14.3 Å². The molecule has 1 aliphatic rings. The third-order valence-corrected chi connectivity index (χ3v) is 5.58. The Bertz CT molecular complexity index is 1260. The molecule has 0 saturated heterocycles. The van der Waals surface area contributed by atoms with Crippen molar-refractivity contribution in [1.29, 1.82) is 0 Å². The second-order valence-electron chi connectivity index (χ2n) is 6.47. The summed E-state index contributed by atoms with van der Waals surface area (Å²) in [4.78, 5) is 35.4. The Hall–Kier alpha value is -3.32. The molecule has 0 spiro atoms. The van der Waals surface area contributed by atoms with E-state index in [-0.39, 0.29) is 12.2 Å². The van der Waals surface area contributed by atoms with Crippen LogP contribution in [0.1, 0.15) is 31.1 Å². The van der Waals surface area contributed by atoms with Crippen molar-refractivity contribution >= 4 is 23.4 Å². The average molecular weight is 405 g/mol. The molecule has 0 bridgehead atoms. The van der Waals surface area contributed by atoms with Gasteiger partial charge < -0.3 is 4.74 Å². The quantitative estimate of drug-likeness (QED) is 0.624. The molecule has 29 heavy (non-hydrogen) atoms. The number of allylic oxidation sites excluding steroid dienone is 1. The minimum atomic E-state index is -0.586. The molecule has 0 saturated carbocycles. The molecule has 6 nitrogen and oxygen atoms in total. The lowest BCUT2D eigenvalue weighted by atomic mass is 9.96. The molecule has 3 aromatic rings. The highest BCUT2D eigenvalue weighted by Crippen LogP contribution is 2.30. The number of hydrogen-bond acceptors (Lipinski definition) is 6. The van der Waals surface area contributed by atoms with Crippen LogP contribution in [-0.4, -0.2) is 22.1 Å². The maximum Gasteiger partial charge on any atom is 0.338 e. The predicted molar refractivity (Wildman–Crippen MR) is 111 cm³/mol. The number of thiazole rings is 1. The van der Waals surface area contributed by atoms with Crippen LogP contribution in [0.4, 0.5) is 0 Å². The zero-order chi connectivity index (χ0) is 20.4. The minimum Gasteiger partial charge on any atom is -0.463 e. The van der Waals surface area contributed by atoms with E-state index in [4.69, 9.17) is 4.74 Å². The van der Waals surface area contributed by atoms with Crippen molar-refractivity contribution in [2.45, 2.75) is 19.9 Å². The molecule has 7 heteroatoms. The van der Waals surface area contributed by atoms with Gasteiger partial charge in [-0.25, -0.2) is 9.79 Å². The van der Waals surface area contributed by atoms with Crippen molar-refractivity contribution < 1.29 is 9.53 Å². The first-order valence-electron chi connectivity index (χ1n) is 9.25. The van der Waals surface area contributed by atoms with Gasteiger partial charge in [0.2, 0.25) is 0 Å². The van der Waals surface area contributed by atoms with Crippen LogP contribution in [0, 0.1) is 0 Å². The van der Waals surface area contributed by atoms with Crippen molar-refractivity contribution in [3.8, 4) is 0 Å². The number of ether oxygens (including phenoxy) is 1. The van der Waals surface area contributed by atoms with Crippen LogP contribution in [0.3, 0.4) is 0 Å². The summed E-state index contributed by atoms with van der Waals surface area (Å²) in [6, 6.07) is 14.4. The van der Waals surface area contributed by atoms with Crippen LogP contribution in [0.25, 0.3) is 6.08 Å². The van der Waals surface area contributed by atoms with Gasteiger partial charge in [-0.2, -0.15) is 0 Å². The molecule has 1 aromatic carbocycles. The molecule has 1 aliphatic heterocycles. The minimum absolute atomic E-state index is 0.206. The molecule has 146 valence electrons. The van der Waals surface area contributed by atoms with Gasteiger partial charge in [0.25, 0.3) is 5.56 Å². The van der Waals surface area contributed by atoms with Crippen molar-refractivity contribution in [3.05, 3.63) is 96.9 Å². The number of fused-ring (bicyclic) bond motifs is 1. The van der Waals surface area contributed by atoms with E-state index in [0.29, 0.717) is 26.3 Å². The van der Waals surface area contributed by atoms with E-state index in [9.17, 15) is 9.59 Å². The molecule has 2 aromatic heterocycles. The predicted octanol–water partition coefficient (Wildman–Crippen LogP) is 2.19. The standard InChI is InChI=1S/C22H19N3O3S/c1-3-28-21(27)18-14(2)24-22-25(19(18)15-9-5-4-6-10-15)20(26)17(29-22)13-16-11-7-8-12-23-16/h4-13,19H,3H2,1-2H3/b17-13-/t19-/m0/s1. The highest BCUT2D eigenvalue weighted by molar-refractivity contribution is 7.07. The Labute approximate surface area is 171 Å². The fraction of sp³-hybridized carbons (Fsp3) is 0.182. The molecule has 4 rings (SSSR count). The third-order valence-electron chi connectivity index (χ3n) is 4.60. The summed E-state index contributed by atoms with van der Waals surface area (Å²) >= 11 is 1.29. The zero-order valence-corrected chi connectivity index (χ0v) is 16.8. The molecule has 0 unspecified atom stereocenters. The van der Waals surface area contributed by atoms with E-state index < -0.39 is 12.0 Å². The van der Waals surface area contributed by atoms with E-state index in [0.717, 1.165) is 5.56 Å². The zero-order valence-electron chi connectivity index (χ0n) is 16.0. The molecular weight excluding hydrogens is 386 g/mol. The third kappa shape index (κ3) is 3.56.